The van der Waals surface area contributed by atoms with Gasteiger partial charge in [-0.15, -0.1) is 0 Å². The number of nitrogens with zero attached hydrogens (tertiary/aromatic N) is 2. The molecule has 0 spiro atoms. The van der Waals surface area contributed by atoms with Gasteiger partial charge in [-0.2, -0.15) is 5.10 Å². The summed E-state index contributed by atoms with van der Waals surface area (Å²) in [6, 6.07) is 7.66. The molecule has 0 aliphatic heterocycles. The summed E-state index contributed by atoms with van der Waals surface area (Å²) in [5, 5.41) is 8.16. The molecule has 84 valence electrons. The molecule has 0 saturated heterocycles. The predicted octanol–water partition coefficient (Wildman–Crippen LogP) is 3.01. The Labute approximate surface area is 108 Å². The molecule has 1 heterocycles. The molecule has 2 rings (SSSR count). The maximum atomic E-state index is 6.12. The summed E-state index contributed by atoms with van der Waals surface area (Å²) >= 11 is 9.54. The Bertz CT molecular complexity index is 496. The lowest BCUT2D eigenvalue weighted by Gasteiger charge is -2.04. The molecular formula is C11H11BrClN3. The highest BCUT2D eigenvalue weighted by Gasteiger charge is 2.05. The molecule has 0 unspecified atom stereocenters. The molecule has 16 heavy (non-hydrogen) atoms. The van der Waals surface area contributed by atoms with Gasteiger partial charge in [0.2, 0.25) is 0 Å². The van der Waals surface area contributed by atoms with Crippen molar-refractivity contribution in [2.75, 3.05) is 7.05 Å². The number of benzene rings is 1. The minimum Gasteiger partial charge on any atom is -0.314 e. The second-order valence-corrected chi connectivity index (χ2v) is 4.70. The van der Waals surface area contributed by atoms with E-state index in [1.165, 1.54) is 0 Å². The summed E-state index contributed by atoms with van der Waals surface area (Å²) in [5.74, 6) is 0. The maximum Gasteiger partial charge on any atom is 0.0843 e. The molecule has 0 fully saturated rings. The Morgan fingerprint density at radius 1 is 1.44 bits per heavy atom. The first-order valence-corrected chi connectivity index (χ1v) is 6.02. The van der Waals surface area contributed by atoms with E-state index >= 15 is 0 Å². The first kappa shape index (κ1) is 11.6. The quantitative estimate of drug-likeness (QED) is 0.944. The lowest BCUT2D eigenvalue weighted by molar-refractivity contribution is 0.757. The van der Waals surface area contributed by atoms with Gasteiger partial charge in [-0.25, -0.2) is 4.68 Å². The smallest absolute Gasteiger partial charge is 0.0843 e. The van der Waals surface area contributed by atoms with Gasteiger partial charge in [0.15, 0.2) is 0 Å². The van der Waals surface area contributed by atoms with Crippen LogP contribution in [0.5, 0.6) is 0 Å². The lowest BCUT2D eigenvalue weighted by Crippen LogP contribution is -2.06. The zero-order valence-electron chi connectivity index (χ0n) is 8.74. The predicted molar refractivity (Wildman–Crippen MR) is 69.0 cm³/mol. The van der Waals surface area contributed by atoms with Crippen molar-refractivity contribution >= 4 is 27.5 Å². The van der Waals surface area contributed by atoms with Crippen molar-refractivity contribution in [1.82, 2.24) is 15.1 Å². The van der Waals surface area contributed by atoms with Crippen molar-refractivity contribution < 1.29 is 0 Å². The summed E-state index contributed by atoms with van der Waals surface area (Å²) in [5.41, 5.74) is 1.86. The van der Waals surface area contributed by atoms with E-state index in [1.807, 2.05) is 37.5 Å². The molecule has 0 aliphatic rings. The van der Waals surface area contributed by atoms with Gasteiger partial charge in [0.1, 0.15) is 0 Å². The van der Waals surface area contributed by atoms with Gasteiger partial charge in [0, 0.05) is 17.2 Å². The van der Waals surface area contributed by atoms with Gasteiger partial charge in [-0.05, 0) is 31.3 Å². The van der Waals surface area contributed by atoms with E-state index in [1.54, 1.807) is 4.68 Å². The van der Waals surface area contributed by atoms with Crippen LogP contribution in [0.3, 0.4) is 0 Å². The highest BCUT2D eigenvalue weighted by atomic mass is 79.9. The number of halogens is 2. The van der Waals surface area contributed by atoms with E-state index in [9.17, 15) is 0 Å². The fraction of sp³-hybridized carbons (Fsp3) is 0.182. The number of nitrogens with one attached hydrogen (secondary N) is 1. The highest BCUT2D eigenvalue weighted by molar-refractivity contribution is 9.10. The van der Waals surface area contributed by atoms with Gasteiger partial charge in [-0.1, -0.05) is 27.5 Å². The van der Waals surface area contributed by atoms with E-state index < -0.39 is 0 Å². The molecule has 1 aromatic heterocycles. The third-order valence-electron chi connectivity index (χ3n) is 2.16. The van der Waals surface area contributed by atoms with E-state index in [4.69, 9.17) is 11.6 Å². The van der Waals surface area contributed by atoms with Crippen molar-refractivity contribution in [3.05, 3.63) is 45.7 Å². The number of aromatic nitrogens is 2. The van der Waals surface area contributed by atoms with Crippen LogP contribution in [-0.4, -0.2) is 16.8 Å². The van der Waals surface area contributed by atoms with Gasteiger partial charge in [-0.3, -0.25) is 0 Å². The Morgan fingerprint density at radius 2 is 2.25 bits per heavy atom. The summed E-state index contributed by atoms with van der Waals surface area (Å²) < 4.78 is 2.76. The molecule has 2 aromatic rings. The van der Waals surface area contributed by atoms with Gasteiger partial charge < -0.3 is 5.32 Å². The molecule has 0 aliphatic carbocycles. The Balaban J connectivity index is 2.38. The molecule has 0 atom stereocenters. The van der Waals surface area contributed by atoms with Crippen molar-refractivity contribution in [3.8, 4) is 5.69 Å². The molecule has 5 heteroatoms. The fourth-order valence-electron chi connectivity index (χ4n) is 1.43. The van der Waals surface area contributed by atoms with Crippen molar-refractivity contribution in [2.45, 2.75) is 6.54 Å². The lowest BCUT2D eigenvalue weighted by atomic mass is 10.3. The molecular weight excluding hydrogens is 289 g/mol. The third kappa shape index (κ3) is 2.45. The number of hydrogen-bond donors (Lipinski definition) is 1. The molecule has 0 radical (unpaired) electrons. The maximum absolute atomic E-state index is 6.12. The third-order valence-corrected chi connectivity index (χ3v) is 2.97. The minimum atomic E-state index is 0.683. The fourth-order valence-corrected chi connectivity index (χ4v) is 1.99. The van der Waals surface area contributed by atoms with Crippen LogP contribution in [0.25, 0.3) is 5.69 Å². The first-order valence-electron chi connectivity index (χ1n) is 4.85. The zero-order valence-corrected chi connectivity index (χ0v) is 11.1. The monoisotopic (exact) mass is 299 g/mol. The standard InChI is InChI=1S/C11H11BrClN3/c1-14-7-9-4-5-16(15-9)11-6-8(12)2-3-10(11)13/h2-6,14H,7H2,1H3. The first-order chi connectivity index (χ1) is 7.70. The topological polar surface area (TPSA) is 29.9 Å². The van der Waals surface area contributed by atoms with Crippen LogP contribution >= 0.6 is 27.5 Å². The molecule has 0 amide bonds. The van der Waals surface area contributed by atoms with E-state index in [0.29, 0.717) is 5.02 Å². The largest absolute Gasteiger partial charge is 0.314 e. The van der Waals surface area contributed by atoms with Crippen molar-refractivity contribution in [1.29, 1.82) is 0 Å². The highest BCUT2D eigenvalue weighted by Crippen LogP contribution is 2.24. The van der Waals surface area contributed by atoms with Crippen LogP contribution in [0, 0.1) is 0 Å². The van der Waals surface area contributed by atoms with Crippen molar-refractivity contribution in [2.24, 2.45) is 0 Å². The van der Waals surface area contributed by atoms with Gasteiger partial charge in [0.05, 0.1) is 16.4 Å². The summed E-state index contributed by atoms with van der Waals surface area (Å²) in [4.78, 5) is 0. The Hall–Kier alpha value is -0.840. The van der Waals surface area contributed by atoms with E-state index in [0.717, 1.165) is 22.4 Å². The van der Waals surface area contributed by atoms with Gasteiger partial charge >= 0.3 is 0 Å². The SMILES string of the molecule is CNCc1ccn(-c2cc(Br)ccc2Cl)n1. The van der Waals surface area contributed by atoms with Crippen LogP contribution in [0.4, 0.5) is 0 Å². The van der Waals surface area contributed by atoms with Crippen LogP contribution in [0.1, 0.15) is 5.69 Å². The van der Waals surface area contributed by atoms with Crippen LogP contribution in [0.2, 0.25) is 5.02 Å². The molecule has 0 saturated carbocycles. The zero-order chi connectivity index (χ0) is 11.5. The summed E-state index contributed by atoms with van der Waals surface area (Å²) in [6.45, 7) is 0.749. The molecule has 3 nitrogen and oxygen atoms in total. The minimum absolute atomic E-state index is 0.683. The van der Waals surface area contributed by atoms with Gasteiger partial charge in [0.25, 0.3) is 0 Å². The van der Waals surface area contributed by atoms with Crippen LogP contribution in [0.15, 0.2) is 34.9 Å². The van der Waals surface area contributed by atoms with Crippen LogP contribution < -0.4 is 5.32 Å². The van der Waals surface area contributed by atoms with Crippen molar-refractivity contribution in [3.63, 3.8) is 0 Å². The normalized spacial score (nSPS) is 10.7. The second kappa shape index (κ2) is 4.99. The number of rotatable bonds is 3. The molecule has 1 N–H and O–H groups in total. The van der Waals surface area contributed by atoms with Crippen LogP contribution in [-0.2, 0) is 6.54 Å². The van der Waals surface area contributed by atoms with E-state index in [-0.39, 0.29) is 0 Å². The Morgan fingerprint density at radius 3 is 3.00 bits per heavy atom. The second-order valence-electron chi connectivity index (χ2n) is 3.38. The van der Waals surface area contributed by atoms with E-state index in [2.05, 4.69) is 26.3 Å². The number of hydrogen-bond acceptors (Lipinski definition) is 2. The molecule has 0 bridgehead atoms. The summed E-state index contributed by atoms with van der Waals surface area (Å²) in [6.07, 6.45) is 1.90. The summed E-state index contributed by atoms with van der Waals surface area (Å²) in [7, 11) is 1.89. The Kier molecular flexibility index (Phi) is 3.63. The average molecular weight is 301 g/mol. The molecule has 1 aromatic carbocycles. The average Bonchev–Trinajstić information content (AvgIpc) is 2.71.